The lowest BCUT2D eigenvalue weighted by atomic mass is 10.2. The molecule has 2 aromatic heterocycles. The fourth-order valence-electron chi connectivity index (χ4n) is 3.48. The summed E-state index contributed by atoms with van der Waals surface area (Å²) >= 11 is 1.32. The van der Waals surface area contributed by atoms with Crippen molar-refractivity contribution in [2.45, 2.75) is 38.3 Å². The Balaban J connectivity index is 1.73. The standard InChI is InChI=1S/C23H25N5O2S/c1-3-4-7-14-24-20(29)15-31-23-26-25-22-27(17-12-10-16(2)11-13-17)21(30)18-8-5-6-9-19(18)28(22)23/h5-6,8-13H,3-4,7,14-15H2,1-2H3,(H,24,29). The second-order valence-corrected chi connectivity index (χ2v) is 8.40. The van der Waals surface area contributed by atoms with Gasteiger partial charge in [0.2, 0.25) is 11.7 Å². The molecule has 2 aromatic carbocycles. The SMILES string of the molecule is CCCCCNC(=O)CSc1nnc2n(-c3ccc(C)cc3)c(=O)c3ccccc3n12. The number of thioether (sulfide) groups is 1. The molecule has 0 bridgehead atoms. The molecule has 0 atom stereocenters. The van der Waals surface area contributed by atoms with E-state index in [0.29, 0.717) is 22.9 Å². The zero-order valence-corrected chi connectivity index (χ0v) is 18.5. The summed E-state index contributed by atoms with van der Waals surface area (Å²) < 4.78 is 3.43. The molecule has 0 unspecified atom stereocenters. The highest BCUT2D eigenvalue weighted by Crippen LogP contribution is 2.23. The van der Waals surface area contributed by atoms with Crippen molar-refractivity contribution in [3.8, 4) is 5.69 Å². The van der Waals surface area contributed by atoms with Gasteiger partial charge in [-0.15, -0.1) is 10.2 Å². The summed E-state index contributed by atoms with van der Waals surface area (Å²) in [4.78, 5) is 25.5. The number of hydrogen-bond acceptors (Lipinski definition) is 5. The number of carbonyl (C=O) groups is 1. The highest BCUT2D eigenvalue weighted by molar-refractivity contribution is 7.99. The molecular formula is C23H25N5O2S. The zero-order chi connectivity index (χ0) is 21.8. The average Bonchev–Trinajstić information content (AvgIpc) is 3.20. The van der Waals surface area contributed by atoms with Gasteiger partial charge in [0, 0.05) is 6.54 Å². The maximum absolute atomic E-state index is 13.3. The van der Waals surface area contributed by atoms with E-state index in [4.69, 9.17) is 0 Å². The second-order valence-electron chi connectivity index (χ2n) is 7.46. The minimum atomic E-state index is -0.149. The first kappa shape index (κ1) is 21.1. The van der Waals surface area contributed by atoms with E-state index in [1.807, 2.05) is 53.8 Å². The Morgan fingerprint density at radius 2 is 1.84 bits per heavy atom. The van der Waals surface area contributed by atoms with Crippen molar-refractivity contribution >= 4 is 34.3 Å². The third-order valence-corrected chi connectivity index (χ3v) is 6.05. The van der Waals surface area contributed by atoms with Crippen LogP contribution >= 0.6 is 11.8 Å². The molecule has 160 valence electrons. The summed E-state index contributed by atoms with van der Waals surface area (Å²) in [5.41, 5.74) is 2.41. The summed E-state index contributed by atoms with van der Waals surface area (Å²) in [6.45, 7) is 4.82. The molecule has 0 saturated carbocycles. The molecule has 0 aliphatic rings. The number of fused-ring (bicyclic) bond motifs is 3. The summed E-state index contributed by atoms with van der Waals surface area (Å²) in [6.07, 6.45) is 3.20. The number of amides is 1. The molecule has 31 heavy (non-hydrogen) atoms. The molecule has 0 radical (unpaired) electrons. The van der Waals surface area contributed by atoms with Gasteiger partial charge in [-0.3, -0.25) is 14.0 Å². The Hall–Kier alpha value is -3.13. The number of aromatic nitrogens is 4. The smallest absolute Gasteiger partial charge is 0.267 e. The first-order valence-corrected chi connectivity index (χ1v) is 11.4. The van der Waals surface area contributed by atoms with Gasteiger partial charge in [0.1, 0.15) is 0 Å². The number of carbonyl (C=O) groups excluding carboxylic acids is 1. The number of para-hydroxylation sites is 1. The van der Waals surface area contributed by atoms with Crippen molar-refractivity contribution in [1.29, 1.82) is 0 Å². The molecule has 8 heteroatoms. The predicted molar refractivity (Wildman–Crippen MR) is 124 cm³/mol. The number of hydrogen-bond donors (Lipinski definition) is 1. The van der Waals surface area contributed by atoms with Crippen LogP contribution in [-0.4, -0.2) is 37.4 Å². The normalized spacial score (nSPS) is 11.3. The summed E-state index contributed by atoms with van der Waals surface area (Å²) in [6, 6.07) is 15.1. The van der Waals surface area contributed by atoms with E-state index in [-0.39, 0.29) is 17.2 Å². The van der Waals surface area contributed by atoms with Crippen molar-refractivity contribution in [3.05, 3.63) is 64.4 Å². The molecular weight excluding hydrogens is 410 g/mol. The van der Waals surface area contributed by atoms with Crippen LogP contribution in [-0.2, 0) is 4.79 Å². The van der Waals surface area contributed by atoms with Crippen LogP contribution in [0.2, 0.25) is 0 Å². The number of unbranched alkanes of at least 4 members (excludes halogenated alkanes) is 2. The lowest BCUT2D eigenvalue weighted by Crippen LogP contribution is -2.26. The highest BCUT2D eigenvalue weighted by atomic mass is 32.2. The number of nitrogens with zero attached hydrogens (tertiary/aromatic N) is 4. The summed E-state index contributed by atoms with van der Waals surface area (Å²) in [5.74, 6) is 0.637. The largest absolute Gasteiger partial charge is 0.355 e. The van der Waals surface area contributed by atoms with Crippen LogP contribution < -0.4 is 10.9 Å². The molecule has 7 nitrogen and oxygen atoms in total. The molecule has 0 saturated heterocycles. The van der Waals surface area contributed by atoms with Crippen LogP contribution in [0.4, 0.5) is 0 Å². The molecule has 0 aliphatic heterocycles. The number of aryl methyl sites for hydroxylation is 1. The van der Waals surface area contributed by atoms with Gasteiger partial charge in [0.25, 0.3) is 5.56 Å². The topological polar surface area (TPSA) is 81.3 Å². The fraction of sp³-hybridized carbons (Fsp3) is 0.304. The molecule has 0 spiro atoms. The fourth-order valence-corrected chi connectivity index (χ4v) is 4.25. The van der Waals surface area contributed by atoms with Crippen molar-refractivity contribution in [3.63, 3.8) is 0 Å². The third kappa shape index (κ3) is 4.34. The summed E-state index contributed by atoms with van der Waals surface area (Å²) in [5, 5.41) is 12.7. The number of benzene rings is 2. The van der Waals surface area contributed by atoms with Gasteiger partial charge >= 0.3 is 0 Å². The molecule has 1 N–H and O–H groups in total. The molecule has 0 aliphatic carbocycles. The van der Waals surface area contributed by atoms with Gasteiger partial charge in [-0.2, -0.15) is 0 Å². The first-order chi connectivity index (χ1) is 15.1. The predicted octanol–water partition coefficient (Wildman–Crippen LogP) is 3.74. The Morgan fingerprint density at radius 3 is 2.61 bits per heavy atom. The minimum Gasteiger partial charge on any atom is -0.355 e. The first-order valence-electron chi connectivity index (χ1n) is 10.5. The third-order valence-electron chi connectivity index (χ3n) is 5.12. The molecule has 4 aromatic rings. The lowest BCUT2D eigenvalue weighted by Gasteiger charge is -2.11. The van der Waals surface area contributed by atoms with E-state index in [1.54, 1.807) is 10.6 Å². The van der Waals surface area contributed by atoms with E-state index >= 15 is 0 Å². The highest BCUT2D eigenvalue weighted by Gasteiger charge is 2.18. The van der Waals surface area contributed by atoms with Gasteiger partial charge in [-0.1, -0.05) is 61.4 Å². The maximum Gasteiger partial charge on any atom is 0.267 e. The minimum absolute atomic E-state index is 0.0333. The number of nitrogens with one attached hydrogen (secondary N) is 1. The van der Waals surface area contributed by atoms with Gasteiger partial charge in [-0.25, -0.2) is 4.57 Å². The Morgan fingerprint density at radius 1 is 1.06 bits per heavy atom. The van der Waals surface area contributed by atoms with Crippen LogP contribution in [0.5, 0.6) is 0 Å². The maximum atomic E-state index is 13.3. The van der Waals surface area contributed by atoms with Crippen molar-refractivity contribution in [1.82, 2.24) is 24.5 Å². The Labute approximate surface area is 184 Å². The zero-order valence-electron chi connectivity index (χ0n) is 17.7. The van der Waals surface area contributed by atoms with Gasteiger partial charge in [-0.05, 0) is 37.6 Å². The monoisotopic (exact) mass is 435 g/mol. The summed E-state index contributed by atoms with van der Waals surface area (Å²) in [7, 11) is 0. The van der Waals surface area contributed by atoms with Crippen LogP contribution in [0.15, 0.2) is 58.5 Å². The van der Waals surface area contributed by atoms with E-state index in [0.717, 1.165) is 36.0 Å². The van der Waals surface area contributed by atoms with Crippen LogP contribution in [0, 0.1) is 6.92 Å². The van der Waals surface area contributed by atoms with Crippen molar-refractivity contribution in [2.24, 2.45) is 0 Å². The quantitative estimate of drug-likeness (QED) is 0.337. The number of rotatable bonds is 8. The van der Waals surface area contributed by atoms with Gasteiger partial charge < -0.3 is 5.32 Å². The van der Waals surface area contributed by atoms with Gasteiger partial charge in [0.05, 0.1) is 22.3 Å². The Bertz CT molecular complexity index is 1280. The molecule has 1 amide bonds. The second kappa shape index (κ2) is 9.34. The van der Waals surface area contributed by atoms with Crippen molar-refractivity contribution in [2.75, 3.05) is 12.3 Å². The van der Waals surface area contributed by atoms with E-state index in [9.17, 15) is 9.59 Å². The van der Waals surface area contributed by atoms with E-state index in [1.165, 1.54) is 11.8 Å². The van der Waals surface area contributed by atoms with E-state index < -0.39 is 0 Å². The van der Waals surface area contributed by atoms with Crippen LogP contribution in [0.25, 0.3) is 22.4 Å². The average molecular weight is 436 g/mol. The van der Waals surface area contributed by atoms with Crippen LogP contribution in [0.1, 0.15) is 31.7 Å². The Kier molecular flexibility index (Phi) is 6.36. The molecule has 0 fully saturated rings. The lowest BCUT2D eigenvalue weighted by molar-refractivity contribution is -0.118. The van der Waals surface area contributed by atoms with Crippen LogP contribution in [0.3, 0.4) is 0 Å². The molecule has 2 heterocycles. The van der Waals surface area contributed by atoms with Gasteiger partial charge in [0.15, 0.2) is 5.16 Å². The van der Waals surface area contributed by atoms with Crippen molar-refractivity contribution < 1.29 is 4.79 Å². The molecule has 4 rings (SSSR count). The van der Waals surface area contributed by atoms with E-state index in [2.05, 4.69) is 22.4 Å².